The van der Waals surface area contributed by atoms with Crippen LogP contribution < -0.4 is 0 Å². The first-order valence-corrected chi connectivity index (χ1v) is 2.85. The Morgan fingerprint density at radius 3 is 2.78 bits per heavy atom. The highest BCUT2D eigenvalue weighted by Crippen LogP contribution is 2.07. The maximum Gasteiger partial charge on any atom is 0.230 e. The molecule has 51 valence electrons. The number of likely N-dealkylation sites (tertiary alicyclic amines) is 1. The summed E-state index contributed by atoms with van der Waals surface area (Å²) in [7, 11) is 1.88. The van der Waals surface area contributed by atoms with E-state index in [1.165, 1.54) is 0 Å². The molecule has 1 saturated heterocycles. The third-order valence-electron chi connectivity index (χ3n) is 1.46. The summed E-state index contributed by atoms with van der Waals surface area (Å²) < 4.78 is 0. The first-order valence-electron chi connectivity index (χ1n) is 2.85. The van der Waals surface area contributed by atoms with Crippen LogP contribution in [0.2, 0.25) is 0 Å². The van der Waals surface area contributed by atoms with Crippen LogP contribution in [0.15, 0.2) is 0 Å². The molecule has 1 aliphatic rings. The molecule has 0 N–H and O–H groups in total. The van der Waals surface area contributed by atoms with E-state index < -0.39 is 6.04 Å². The molecule has 1 fully saturated rings. The summed E-state index contributed by atoms with van der Waals surface area (Å²) in [6, 6.07) is -0.435. The second-order valence-electron chi connectivity index (χ2n) is 2.31. The van der Waals surface area contributed by atoms with Gasteiger partial charge in [-0.3, -0.25) is 15.0 Å². The van der Waals surface area contributed by atoms with Gasteiger partial charge in [0.15, 0.2) is 0 Å². The van der Waals surface area contributed by atoms with Gasteiger partial charge in [-0.2, -0.15) is 0 Å². The van der Waals surface area contributed by atoms with Gasteiger partial charge >= 0.3 is 0 Å². The van der Waals surface area contributed by atoms with Crippen molar-refractivity contribution in [3.8, 4) is 0 Å². The molecule has 1 unspecified atom stereocenters. The topological polar surface area (TPSA) is 46.4 Å². The zero-order valence-electron chi connectivity index (χ0n) is 5.28. The highest BCUT2D eigenvalue weighted by atomic mass is 16.6. The van der Waals surface area contributed by atoms with Crippen LogP contribution in [0.25, 0.3) is 0 Å². The van der Waals surface area contributed by atoms with E-state index in [2.05, 4.69) is 0 Å². The SMILES string of the molecule is CN1C[CH]C([N+](=O)[O-])C1. The predicted molar refractivity (Wildman–Crippen MR) is 32.6 cm³/mol. The number of hydrogen-bond donors (Lipinski definition) is 0. The normalized spacial score (nSPS) is 28.8. The van der Waals surface area contributed by atoms with E-state index in [-0.39, 0.29) is 4.92 Å². The fraction of sp³-hybridized carbons (Fsp3) is 0.800. The molecule has 0 aliphatic carbocycles. The van der Waals surface area contributed by atoms with Gasteiger partial charge in [-0.25, -0.2) is 0 Å². The van der Waals surface area contributed by atoms with Gasteiger partial charge in [0.1, 0.15) is 0 Å². The molecule has 0 bridgehead atoms. The Morgan fingerprint density at radius 1 is 1.89 bits per heavy atom. The van der Waals surface area contributed by atoms with Crippen molar-refractivity contribution in [2.24, 2.45) is 0 Å². The molecule has 4 heteroatoms. The summed E-state index contributed by atoms with van der Waals surface area (Å²) in [5, 5.41) is 10.1. The van der Waals surface area contributed by atoms with Crippen molar-refractivity contribution in [3.63, 3.8) is 0 Å². The Bertz CT molecular complexity index is 126. The van der Waals surface area contributed by atoms with Crippen LogP contribution in [-0.4, -0.2) is 36.0 Å². The van der Waals surface area contributed by atoms with Crippen molar-refractivity contribution in [3.05, 3.63) is 16.5 Å². The Balaban J connectivity index is 2.39. The van der Waals surface area contributed by atoms with E-state index in [1.54, 1.807) is 6.42 Å². The van der Waals surface area contributed by atoms with Crippen molar-refractivity contribution >= 4 is 0 Å². The van der Waals surface area contributed by atoms with Crippen LogP contribution in [0.4, 0.5) is 0 Å². The van der Waals surface area contributed by atoms with Gasteiger partial charge in [-0.05, 0) is 7.05 Å². The quantitative estimate of drug-likeness (QED) is 0.363. The molecule has 4 nitrogen and oxygen atoms in total. The molecule has 0 amide bonds. The lowest BCUT2D eigenvalue weighted by atomic mass is 10.3. The maximum atomic E-state index is 10.1. The fourth-order valence-electron chi connectivity index (χ4n) is 0.923. The summed E-state index contributed by atoms with van der Waals surface area (Å²) in [6.07, 6.45) is 1.72. The molecule has 1 atom stereocenters. The molecule has 1 rings (SSSR count). The third kappa shape index (κ3) is 1.38. The second-order valence-corrected chi connectivity index (χ2v) is 2.31. The van der Waals surface area contributed by atoms with E-state index in [9.17, 15) is 10.1 Å². The number of nitrogens with zero attached hydrogens (tertiary/aromatic N) is 2. The van der Waals surface area contributed by atoms with Crippen molar-refractivity contribution in [2.75, 3.05) is 20.1 Å². The average molecular weight is 129 g/mol. The largest absolute Gasteiger partial charge is 0.299 e. The Labute approximate surface area is 53.6 Å². The minimum absolute atomic E-state index is 0.247. The van der Waals surface area contributed by atoms with Crippen LogP contribution in [0.5, 0.6) is 0 Å². The van der Waals surface area contributed by atoms with E-state index >= 15 is 0 Å². The molecule has 0 aromatic carbocycles. The minimum atomic E-state index is -0.435. The van der Waals surface area contributed by atoms with Crippen LogP contribution in [0, 0.1) is 16.5 Å². The van der Waals surface area contributed by atoms with Gasteiger partial charge in [0.25, 0.3) is 0 Å². The van der Waals surface area contributed by atoms with Gasteiger partial charge in [0.2, 0.25) is 6.04 Å². The zero-order valence-corrected chi connectivity index (χ0v) is 5.28. The maximum absolute atomic E-state index is 10.1. The Morgan fingerprint density at radius 2 is 2.56 bits per heavy atom. The lowest BCUT2D eigenvalue weighted by Gasteiger charge is -2.02. The monoisotopic (exact) mass is 129 g/mol. The van der Waals surface area contributed by atoms with Gasteiger partial charge in [0.05, 0.1) is 13.0 Å². The van der Waals surface area contributed by atoms with Crippen molar-refractivity contribution in [1.29, 1.82) is 0 Å². The molecular weight excluding hydrogens is 120 g/mol. The van der Waals surface area contributed by atoms with Crippen LogP contribution in [-0.2, 0) is 0 Å². The summed E-state index contributed by atoms with van der Waals surface area (Å²) in [6.45, 7) is 1.30. The molecule has 0 aromatic heterocycles. The standard InChI is InChI=1S/C5H9N2O2/c1-6-3-2-5(4-6)7(8)9/h2,5H,3-4H2,1H3. The van der Waals surface area contributed by atoms with E-state index in [4.69, 9.17) is 0 Å². The molecule has 9 heavy (non-hydrogen) atoms. The number of nitro groups is 1. The predicted octanol–water partition coefficient (Wildman–Crippen LogP) is -0.219. The number of hydrogen-bond acceptors (Lipinski definition) is 3. The van der Waals surface area contributed by atoms with Crippen LogP contribution in [0.3, 0.4) is 0 Å². The smallest absolute Gasteiger partial charge is 0.230 e. The molecule has 1 heterocycles. The van der Waals surface area contributed by atoms with Gasteiger partial charge < -0.3 is 0 Å². The summed E-state index contributed by atoms with van der Waals surface area (Å²) in [5.41, 5.74) is 0. The average Bonchev–Trinajstić information content (AvgIpc) is 2.14. The van der Waals surface area contributed by atoms with E-state index in [0.717, 1.165) is 6.54 Å². The molecule has 1 aliphatic heterocycles. The summed E-state index contributed by atoms with van der Waals surface area (Å²) >= 11 is 0. The van der Waals surface area contributed by atoms with Gasteiger partial charge in [-0.15, -0.1) is 0 Å². The van der Waals surface area contributed by atoms with E-state index in [0.29, 0.717) is 6.54 Å². The van der Waals surface area contributed by atoms with Crippen molar-refractivity contribution in [2.45, 2.75) is 6.04 Å². The molecule has 0 aromatic rings. The van der Waals surface area contributed by atoms with Crippen LogP contribution in [0.1, 0.15) is 0 Å². The first-order chi connectivity index (χ1) is 4.20. The number of rotatable bonds is 1. The van der Waals surface area contributed by atoms with E-state index in [1.807, 2.05) is 11.9 Å². The Kier molecular flexibility index (Phi) is 1.66. The fourth-order valence-corrected chi connectivity index (χ4v) is 0.923. The van der Waals surface area contributed by atoms with Crippen molar-refractivity contribution in [1.82, 2.24) is 4.90 Å². The number of likely N-dealkylation sites (N-methyl/N-ethyl adjacent to an activating group) is 1. The summed E-state index contributed by atoms with van der Waals surface area (Å²) in [5.74, 6) is 0. The van der Waals surface area contributed by atoms with Crippen LogP contribution >= 0.6 is 0 Å². The third-order valence-corrected chi connectivity index (χ3v) is 1.46. The lowest BCUT2D eigenvalue weighted by molar-refractivity contribution is -0.509. The van der Waals surface area contributed by atoms with Gasteiger partial charge in [-0.1, -0.05) is 0 Å². The first kappa shape index (κ1) is 6.48. The van der Waals surface area contributed by atoms with Gasteiger partial charge in [0, 0.05) is 11.5 Å². The lowest BCUT2D eigenvalue weighted by Crippen LogP contribution is -2.23. The highest BCUT2D eigenvalue weighted by Gasteiger charge is 2.28. The highest BCUT2D eigenvalue weighted by molar-refractivity contribution is 4.88. The zero-order chi connectivity index (χ0) is 6.85. The molecular formula is C5H9N2O2. The Hall–Kier alpha value is -0.640. The van der Waals surface area contributed by atoms with Crippen molar-refractivity contribution < 1.29 is 4.92 Å². The molecule has 0 spiro atoms. The second kappa shape index (κ2) is 2.31. The summed E-state index contributed by atoms with van der Waals surface area (Å²) in [4.78, 5) is 11.8. The minimum Gasteiger partial charge on any atom is -0.299 e. The molecule has 1 radical (unpaired) electrons. The molecule has 0 saturated carbocycles.